The summed E-state index contributed by atoms with van der Waals surface area (Å²) < 4.78 is 1.84. The van der Waals surface area contributed by atoms with Crippen molar-refractivity contribution >= 4 is 11.7 Å². The Morgan fingerprint density at radius 2 is 1.97 bits per heavy atom. The second-order valence-electron chi connectivity index (χ2n) is 9.15. The van der Waals surface area contributed by atoms with Crippen LogP contribution in [0.1, 0.15) is 49.4 Å². The second-order valence-corrected chi connectivity index (χ2v) is 9.15. The van der Waals surface area contributed by atoms with E-state index in [0.717, 1.165) is 28.8 Å². The highest BCUT2D eigenvalue weighted by molar-refractivity contribution is 6.00. The van der Waals surface area contributed by atoms with Gasteiger partial charge < -0.3 is 5.32 Å². The Balaban J connectivity index is 1.67. The summed E-state index contributed by atoms with van der Waals surface area (Å²) >= 11 is 0. The number of hydrogen-bond acceptors (Lipinski definition) is 5. The molecule has 1 N–H and O–H groups in total. The molecule has 1 aliphatic carbocycles. The molecule has 6 nitrogen and oxygen atoms in total. The topological polar surface area (TPSA) is 72.7 Å². The molecular weight excluding hydrogens is 374 g/mol. The minimum Gasteiger partial charge on any atom is -0.328 e. The van der Waals surface area contributed by atoms with Crippen molar-refractivity contribution in [3.8, 4) is 11.4 Å². The zero-order valence-electron chi connectivity index (χ0n) is 17.7. The molecule has 152 valence electrons. The van der Waals surface area contributed by atoms with E-state index in [4.69, 9.17) is 10.1 Å². The van der Waals surface area contributed by atoms with E-state index < -0.39 is 0 Å². The molecule has 1 atom stereocenters. The molecule has 1 unspecified atom stereocenters. The fraction of sp³-hybridized carbons (Fsp3) is 0.333. The number of anilines is 1. The molecule has 3 heterocycles. The highest BCUT2D eigenvalue weighted by Gasteiger charge is 2.41. The Labute approximate surface area is 176 Å². The lowest BCUT2D eigenvalue weighted by molar-refractivity contribution is -0.118. The molecule has 2 aliphatic rings. The predicted molar refractivity (Wildman–Crippen MR) is 116 cm³/mol. The van der Waals surface area contributed by atoms with Gasteiger partial charge in [0.15, 0.2) is 11.6 Å². The summed E-state index contributed by atoms with van der Waals surface area (Å²) in [5.74, 6) is 1.49. The zero-order valence-corrected chi connectivity index (χ0v) is 17.7. The van der Waals surface area contributed by atoms with E-state index in [1.807, 2.05) is 29.1 Å². The Bertz CT molecular complexity index is 1190. The van der Waals surface area contributed by atoms with Gasteiger partial charge >= 0.3 is 0 Å². The number of nitrogens with zero attached hydrogens (tertiary/aromatic N) is 4. The SMILES string of the molecule is Cc1ccc(-c2nc3n(n2)C(c2cccnc2)C2=C(CC(C)(C)CC2=O)N3)cc1C. The van der Waals surface area contributed by atoms with Crippen LogP contribution in [0.5, 0.6) is 0 Å². The molecule has 0 radical (unpaired) electrons. The van der Waals surface area contributed by atoms with Gasteiger partial charge in [-0.3, -0.25) is 9.78 Å². The smallest absolute Gasteiger partial charge is 0.226 e. The summed E-state index contributed by atoms with van der Waals surface area (Å²) in [6, 6.07) is 9.83. The fourth-order valence-corrected chi connectivity index (χ4v) is 4.46. The van der Waals surface area contributed by atoms with Crippen molar-refractivity contribution in [2.24, 2.45) is 5.41 Å². The van der Waals surface area contributed by atoms with Gasteiger partial charge in [-0.1, -0.05) is 32.0 Å². The number of nitrogens with one attached hydrogen (secondary N) is 1. The highest BCUT2D eigenvalue weighted by atomic mass is 16.1. The number of Topliss-reactive ketones (excluding diaryl/α,β-unsaturated/α-hetero) is 1. The first kappa shape index (κ1) is 18.7. The molecule has 0 amide bonds. The molecule has 6 heteroatoms. The van der Waals surface area contributed by atoms with E-state index >= 15 is 0 Å². The molecule has 0 fully saturated rings. The second kappa shape index (κ2) is 6.62. The molecule has 0 saturated heterocycles. The Hall–Kier alpha value is -3.28. The molecule has 30 heavy (non-hydrogen) atoms. The van der Waals surface area contributed by atoms with Gasteiger partial charge in [-0.2, -0.15) is 4.98 Å². The maximum absolute atomic E-state index is 13.2. The van der Waals surface area contributed by atoms with Gasteiger partial charge in [0.25, 0.3) is 0 Å². The largest absolute Gasteiger partial charge is 0.328 e. The van der Waals surface area contributed by atoms with E-state index in [0.29, 0.717) is 18.2 Å². The molecule has 3 aromatic rings. The quantitative estimate of drug-likeness (QED) is 0.681. The fourth-order valence-electron chi connectivity index (χ4n) is 4.46. The van der Waals surface area contributed by atoms with Crippen LogP contribution >= 0.6 is 0 Å². The summed E-state index contributed by atoms with van der Waals surface area (Å²) in [6.07, 6.45) is 4.89. The number of hydrogen-bond donors (Lipinski definition) is 1. The average molecular weight is 399 g/mol. The van der Waals surface area contributed by atoms with Crippen molar-refractivity contribution in [1.29, 1.82) is 0 Å². The summed E-state index contributed by atoms with van der Waals surface area (Å²) in [6.45, 7) is 8.45. The first-order valence-corrected chi connectivity index (χ1v) is 10.3. The highest BCUT2D eigenvalue weighted by Crippen LogP contribution is 2.45. The number of benzene rings is 1. The zero-order chi connectivity index (χ0) is 21.0. The summed E-state index contributed by atoms with van der Waals surface area (Å²) in [4.78, 5) is 22.3. The van der Waals surface area contributed by atoms with Crippen molar-refractivity contribution < 1.29 is 4.79 Å². The van der Waals surface area contributed by atoms with Crippen LogP contribution in [0.2, 0.25) is 0 Å². The van der Waals surface area contributed by atoms with E-state index in [2.05, 4.69) is 50.1 Å². The van der Waals surface area contributed by atoms with Gasteiger partial charge in [0, 0.05) is 35.6 Å². The number of aromatic nitrogens is 4. The van der Waals surface area contributed by atoms with Crippen LogP contribution in [0.4, 0.5) is 5.95 Å². The molecule has 0 bridgehead atoms. The van der Waals surface area contributed by atoms with Gasteiger partial charge in [-0.15, -0.1) is 5.10 Å². The number of carbonyl (C=O) groups is 1. The molecule has 0 saturated carbocycles. The minimum atomic E-state index is -0.318. The normalized spacial score (nSPS) is 19.9. The molecule has 5 rings (SSSR count). The Kier molecular flexibility index (Phi) is 4.13. The van der Waals surface area contributed by atoms with Crippen LogP contribution in [0.25, 0.3) is 11.4 Å². The van der Waals surface area contributed by atoms with Crippen LogP contribution in [-0.2, 0) is 4.79 Å². The van der Waals surface area contributed by atoms with Gasteiger partial charge in [0.1, 0.15) is 6.04 Å². The van der Waals surface area contributed by atoms with Gasteiger partial charge in [-0.05, 0) is 54.5 Å². The standard InChI is InChI=1S/C24H25N5O/c1-14-7-8-16(10-15(14)2)22-27-23-26-18-11-24(3,4)12-19(30)20(18)21(29(23)28-22)17-6-5-9-25-13-17/h5-10,13,21H,11-12H2,1-4H3,(H,26,27,28). The maximum atomic E-state index is 13.2. The number of ketones is 1. The number of carbonyl (C=O) groups excluding carboxylic acids is 1. The van der Waals surface area contributed by atoms with Crippen LogP contribution in [0.3, 0.4) is 0 Å². The summed E-state index contributed by atoms with van der Waals surface area (Å²) in [7, 11) is 0. The molecule has 1 aromatic carbocycles. The first-order valence-electron chi connectivity index (χ1n) is 10.3. The lowest BCUT2D eigenvalue weighted by Crippen LogP contribution is -2.36. The number of allylic oxidation sites excluding steroid dienone is 2. The van der Waals surface area contributed by atoms with Crippen molar-refractivity contribution in [3.05, 3.63) is 70.7 Å². The average Bonchev–Trinajstić information content (AvgIpc) is 3.12. The monoisotopic (exact) mass is 399 g/mol. The molecular formula is C24H25N5O. The van der Waals surface area contributed by atoms with E-state index in [-0.39, 0.29) is 17.2 Å². The summed E-state index contributed by atoms with van der Waals surface area (Å²) in [5.41, 5.74) is 6.00. The van der Waals surface area contributed by atoms with Crippen molar-refractivity contribution in [2.45, 2.75) is 46.6 Å². The minimum absolute atomic E-state index is 0.0819. The molecule has 2 aromatic heterocycles. The van der Waals surface area contributed by atoms with Gasteiger partial charge in [-0.25, -0.2) is 4.68 Å². The number of aryl methyl sites for hydroxylation is 2. The first-order chi connectivity index (χ1) is 14.3. The van der Waals surface area contributed by atoms with Gasteiger partial charge in [0.05, 0.1) is 0 Å². The van der Waals surface area contributed by atoms with E-state index in [1.54, 1.807) is 6.20 Å². The number of fused-ring (bicyclic) bond motifs is 1. The predicted octanol–water partition coefficient (Wildman–Crippen LogP) is 4.62. The van der Waals surface area contributed by atoms with Crippen molar-refractivity contribution in [2.75, 3.05) is 5.32 Å². The van der Waals surface area contributed by atoms with Crippen LogP contribution in [0, 0.1) is 19.3 Å². The van der Waals surface area contributed by atoms with E-state index in [1.165, 1.54) is 11.1 Å². The van der Waals surface area contributed by atoms with Crippen molar-refractivity contribution in [3.63, 3.8) is 0 Å². The number of rotatable bonds is 2. The third kappa shape index (κ3) is 3.03. The lowest BCUT2D eigenvalue weighted by atomic mass is 9.73. The maximum Gasteiger partial charge on any atom is 0.226 e. The third-order valence-electron chi connectivity index (χ3n) is 6.10. The summed E-state index contributed by atoms with van der Waals surface area (Å²) in [5, 5.41) is 8.27. The number of pyridine rings is 1. The van der Waals surface area contributed by atoms with Crippen LogP contribution in [-0.4, -0.2) is 25.5 Å². The van der Waals surface area contributed by atoms with Crippen molar-refractivity contribution in [1.82, 2.24) is 19.7 Å². The Morgan fingerprint density at radius 1 is 1.13 bits per heavy atom. The molecule has 1 aliphatic heterocycles. The van der Waals surface area contributed by atoms with E-state index in [9.17, 15) is 4.79 Å². The van der Waals surface area contributed by atoms with Crippen LogP contribution in [0.15, 0.2) is 54.0 Å². The van der Waals surface area contributed by atoms with Gasteiger partial charge in [0.2, 0.25) is 5.95 Å². The molecule has 0 spiro atoms. The van der Waals surface area contributed by atoms with Crippen LogP contribution < -0.4 is 5.32 Å². The third-order valence-corrected chi connectivity index (χ3v) is 6.10. The Morgan fingerprint density at radius 3 is 2.70 bits per heavy atom. The lowest BCUT2D eigenvalue weighted by Gasteiger charge is -2.38.